The van der Waals surface area contributed by atoms with Crippen molar-refractivity contribution in [3.05, 3.63) is 35.5 Å². The Hall–Kier alpha value is -1.28. The Morgan fingerprint density at radius 2 is 2.07 bits per heavy atom. The molecule has 0 aliphatic carbocycles. The lowest BCUT2D eigenvalue weighted by atomic mass is 9.96. The molecule has 1 aliphatic heterocycles. The van der Waals surface area contributed by atoms with Crippen LogP contribution in [0.5, 0.6) is 0 Å². The van der Waals surface area contributed by atoms with Gasteiger partial charge in [-0.1, -0.05) is 18.2 Å². The fourth-order valence-corrected chi connectivity index (χ4v) is 2.81. The van der Waals surface area contributed by atoms with Crippen LogP contribution >= 0.6 is 0 Å². The van der Waals surface area contributed by atoms with E-state index in [-0.39, 0.29) is 0 Å². The zero-order valence-corrected chi connectivity index (χ0v) is 9.25. The third-order valence-corrected chi connectivity index (χ3v) is 3.45. The van der Waals surface area contributed by atoms with Crippen molar-refractivity contribution in [3.8, 4) is 0 Å². The van der Waals surface area contributed by atoms with E-state index in [0.29, 0.717) is 12.1 Å². The zero-order chi connectivity index (χ0) is 10.4. The smallest absolute Gasteiger partial charge is 0.124 e. The molecule has 0 saturated heterocycles. The van der Waals surface area contributed by atoms with Gasteiger partial charge in [0.25, 0.3) is 0 Å². The molecule has 0 fully saturated rings. The average Bonchev–Trinajstić information content (AvgIpc) is 2.57. The van der Waals surface area contributed by atoms with E-state index < -0.39 is 0 Å². The Morgan fingerprint density at radius 3 is 2.93 bits per heavy atom. The molecule has 0 spiro atoms. The molecule has 0 bridgehead atoms. The van der Waals surface area contributed by atoms with Crippen LogP contribution in [0.4, 0.5) is 0 Å². The monoisotopic (exact) mass is 201 g/mol. The van der Waals surface area contributed by atoms with Crippen LogP contribution in [-0.4, -0.2) is 11.0 Å². The molecule has 0 radical (unpaired) electrons. The van der Waals surface area contributed by atoms with Crippen LogP contribution in [-0.2, 0) is 6.42 Å². The summed E-state index contributed by atoms with van der Waals surface area (Å²) in [4.78, 5) is 3.56. The molecule has 0 saturated carbocycles. The van der Waals surface area contributed by atoms with Gasteiger partial charge in [0.2, 0.25) is 0 Å². The third-order valence-electron chi connectivity index (χ3n) is 3.45. The SMILES string of the molecule is CC1Cc2c([nH]c3ccccc23)C(C)[NH2+]1. The highest BCUT2D eigenvalue weighted by Crippen LogP contribution is 2.28. The predicted molar refractivity (Wildman–Crippen MR) is 61.8 cm³/mol. The van der Waals surface area contributed by atoms with E-state index >= 15 is 0 Å². The van der Waals surface area contributed by atoms with Gasteiger partial charge in [0.1, 0.15) is 6.04 Å². The Kier molecular flexibility index (Phi) is 1.86. The molecule has 1 aromatic heterocycles. The molecule has 3 N–H and O–H groups in total. The Balaban J connectivity index is 2.27. The van der Waals surface area contributed by atoms with E-state index in [1.165, 1.54) is 28.6 Å². The quantitative estimate of drug-likeness (QED) is 0.651. The first-order valence-corrected chi connectivity index (χ1v) is 5.70. The molecule has 2 aromatic rings. The summed E-state index contributed by atoms with van der Waals surface area (Å²) in [5.74, 6) is 0. The number of H-pyrrole nitrogens is 1. The van der Waals surface area contributed by atoms with Crippen molar-refractivity contribution >= 4 is 10.9 Å². The second-order valence-corrected chi connectivity index (χ2v) is 4.73. The van der Waals surface area contributed by atoms with Gasteiger partial charge in [0.05, 0.1) is 11.7 Å². The molecule has 2 nitrogen and oxygen atoms in total. The van der Waals surface area contributed by atoms with Gasteiger partial charge >= 0.3 is 0 Å². The first-order chi connectivity index (χ1) is 7.25. The maximum atomic E-state index is 3.56. The molecule has 1 aliphatic rings. The van der Waals surface area contributed by atoms with Gasteiger partial charge in [-0.25, -0.2) is 0 Å². The van der Waals surface area contributed by atoms with E-state index in [4.69, 9.17) is 0 Å². The van der Waals surface area contributed by atoms with Gasteiger partial charge in [0, 0.05) is 17.3 Å². The number of para-hydroxylation sites is 1. The fourth-order valence-electron chi connectivity index (χ4n) is 2.81. The Morgan fingerprint density at radius 1 is 1.27 bits per heavy atom. The maximum Gasteiger partial charge on any atom is 0.124 e. The summed E-state index contributed by atoms with van der Waals surface area (Å²) >= 11 is 0. The van der Waals surface area contributed by atoms with Crippen LogP contribution in [0.15, 0.2) is 24.3 Å². The number of benzene rings is 1. The summed E-state index contributed by atoms with van der Waals surface area (Å²) in [5.41, 5.74) is 4.25. The summed E-state index contributed by atoms with van der Waals surface area (Å²) in [6.45, 7) is 4.59. The minimum absolute atomic E-state index is 0.566. The maximum absolute atomic E-state index is 3.56. The van der Waals surface area contributed by atoms with Crippen molar-refractivity contribution in [2.75, 3.05) is 0 Å². The van der Waals surface area contributed by atoms with Crippen LogP contribution in [0, 0.1) is 0 Å². The zero-order valence-electron chi connectivity index (χ0n) is 9.25. The number of nitrogens with one attached hydrogen (secondary N) is 1. The van der Waals surface area contributed by atoms with E-state index in [0.717, 1.165) is 0 Å². The largest absolute Gasteiger partial charge is 0.353 e. The second kappa shape index (κ2) is 3.11. The van der Waals surface area contributed by atoms with Crippen molar-refractivity contribution in [2.45, 2.75) is 32.4 Å². The van der Waals surface area contributed by atoms with Crippen LogP contribution in [0.3, 0.4) is 0 Å². The Labute approximate surface area is 89.7 Å². The number of aromatic amines is 1. The van der Waals surface area contributed by atoms with Crippen molar-refractivity contribution in [1.29, 1.82) is 0 Å². The summed E-state index contributed by atoms with van der Waals surface area (Å²) in [6.07, 6.45) is 1.18. The molecule has 2 heteroatoms. The number of fused-ring (bicyclic) bond motifs is 3. The van der Waals surface area contributed by atoms with Crippen LogP contribution in [0.25, 0.3) is 10.9 Å². The highest BCUT2D eigenvalue weighted by molar-refractivity contribution is 5.84. The van der Waals surface area contributed by atoms with E-state index in [1.807, 2.05) is 0 Å². The number of hydrogen-bond acceptors (Lipinski definition) is 0. The Bertz CT molecular complexity index is 498. The molecular formula is C13H17N2+. The molecule has 2 unspecified atom stereocenters. The summed E-state index contributed by atoms with van der Waals surface area (Å²) < 4.78 is 0. The first kappa shape index (κ1) is 8.98. The lowest BCUT2D eigenvalue weighted by Gasteiger charge is -2.23. The van der Waals surface area contributed by atoms with E-state index in [9.17, 15) is 0 Å². The lowest BCUT2D eigenvalue weighted by Crippen LogP contribution is -2.91. The number of rotatable bonds is 0. The number of nitrogens with two attached hydrogens (primary N) is 1. The van der Waals surface area contributed by atoms with Gasteiger partial charge in [-0.15, -0.1) is 0 Å². The highest BCUT2D eigenvalue weighted by atomic mass is 15.0. The van der Waals surface area contributed by atoms with Gasteiger partial charge in [-0.2, -0.15) is 0 Å². The molecule has 3 rings (SSSR count). The third kappa shape index (κ3) is 1.29. The predicted octanol–water partition coefficient (Wildman–Crippen LogP) is 1.74. The average molecular weight is 201 g/mol. The van der Waals surface area contributed by atoms with Crippen LogP contribution < -0.4 is 5.32 Å². The lowest BCUT2D eigenvalue weighted by molar-refractivity contribution is -0.725. The van der Waals surface area contributed by atoms with Crippen LogP contribution in [0.2, 0.25) is 0 Å². The van der Waals surface area contributed by atoms with Crippen molar-refractivity contribution in [2.24, 2.45) is 0 Å². The van der Waals surface area contributed by atoms with Gasteiger partial charge < -0.3 is 10.3 Å². The van der Waals surface area contributed by atoms with Crippen molar-refractivity contribution < 1.29 is 5.32 Å². The first-order valence-electron chi connectivity index (χ1n) is 5.70. The molecule has 2 atom stereocenters. The highest BCUT2D eigenvalue weighted by Gasteiger charge is 2.27. The standard InChI is InChI=1S/C13H16N2/c1-8-7-11-10-5-3-4-6-12(10)15-13(11)9(2)14-8/h3-6,8-9,14-15H,7H2,1-2H3/p+1. The van der Waals surface area contributed by atoms with E-state index in [2.05, 4.69) is 48.4 Å². The second-order valence-electron chi connectivity index (χ2n) is 4.73. The molecule has 15 heavy (non-hydrogen) atoms. The van der Waals surface area contributed by atoms with E-state index in [1.54, 1.807) is 0 Å². The molecule has 1 aromatic carbocycles. The fraction of sp³-hybridized carbons (Fsp3) is 0.385. The molecule has 2 heterocycles. The van der Waals surface area contributed by atoms with Gasteiger partial charge in [0.15, 0.2) is 0 Å². The van der Waals surface area contributed by atoms with Crippen molar-refractivity contribution in [1.82, 2.24) is 4.98 Å². The topological polar surface area (TPSA) is 32.4 Å². The normalized spacial score (nSPS) is 25.5. The van der Waals surface area contributed by atoms with Crippen LogP contribution in [0.1, 0.15) is 31.1 Å². The summed E-state index contributed by atoms with van der Waals surface area (Å²) in [6, 6.07) is 9.90. The van der Waals surface area contributed by atoms with Gasteiger partial charge in [-0.3, -0.25) is 0 Å². The number of quaternary nitrogens is 1. The number of aromatic nitrogens is 1. The summed E-state index contributed by atoms with van der Waals surface area (Å²) in [5, 5.41) is 3.86. The minimum Gasteiger partial charge on any atom is -0.353 e. The minimum atomic E-state index is 0.566. The summed E-state index contributed by atoms with van der Waals surface area (Å²) in [7, 11) is 0. The van der Waals surface area contributed by atoms with Gasteiger partial charge in [-0.05, 0) is 25.5 Å². The molecular weight excluding hydrogens is 184 g/mol. The van der Waals surface area contributed by atoms with Crippen molar-refractivity contribution in [3.63, 3.8) is 0 Å². The number of hydrogen-bond donors (Lipinski definition) is 2. The molecule has 78 valence electrons. The molecule has 0 amide bonds.